The summed E-state index contributed by atoms with van der Waals surface area (Å²) in [5, 5.41) is 11.7. The number of nitrogens with one attached hydrogen (secondary N) is 1. The Kier molecular flexibility index (Phi) is 5.40. The van der Waals surface area contributed by atoms with Crippen molar-refractivity contribution in [1.29, 1.82) is 0 Å². The van der Waals surface area contributed by atoms with Gasteiger partial charge in [0.15, 0.2) is 15.5 Å². The molecule has 144 valence electrons. The quantitative estimate of drug-likeness (QED) is 0.671. The first-order chi connectivity index (χ1) is 11.3. The smallest absolute Gasteiger partial charge is 0.380 e. The van der Waals surface area contributed by atoms with Crippen molar-refractivity contribution in [3.05, 3.63) is 0 Å². The molecule has 1 heterocycles. The Morgan fingerprint density at radius 3 is 2.04 bits per heavy atom. The average Bonchev–Trinajstić information content (AvgIpc) is 2.70. The molecule has 25 heavy (non-hydrogen) atoms. The van der Waals surface area contributed by atoms with E-state index in [0.717, 1.165) is 6.92 Å². The van der Waals surface area contributed by atoms with Crippen LogP contribution in [-0.2, 0) is 4.79 Å². The topological polar surface area (TPSA) is 61.7 Å². The van der Waals surface area contributed by atoms with Crippen LogP contribution in [-0.4, -0.2) is 44.9 Å². The van der Waals surface area contributed by atoms with E-state index in [1.54, 1.807) is 0 Å². The van der Waals surface area contributed by atoms with Crippen molar-refractivity contribution < 1.29 is 36.2 Å². The van der Waals surface area contributed by atoms with Crippen molar-refractivity contribution in [2.45, 2.75) is 74.2 Å². The molecule has 1 amide bonds. The largest absolute Gasteiger partial charge is 0.417 e. The second-order valence-electron chi connectivity index (χ2n) is 6.49. The van der Waals surface area contributed by atoms with Gasteiger partial charge in [-0.05, 0) is 45.4 Å². The SMILES string of the molecule is CC1(C(F)(F)F)SC(=NC2CCCC(O)(C(F)(F)F)CCC2)NC1=O. The highest BCUT2D eigenvalue weighted by Crippen LogP contribution is 2.45. The Hall–Kier alpha value is -0.970. The monoisotopic (exact) mass is 392 g/mol. The minimum absolute atomic E-state index is 0.0343. The van der Waals surface area contributed by atoms with Gasteiger partial charge >= 0.3 is 12.4 Å². The molecule has 0 spiro atoms. The molecular formula is C14H18F6N2O2S. The van der Waals surface area contributed by atoms with Crippen LogP contribution >= 0.6 is 11.8 Å². The minimum atomic E-state index is -4.75. The predicted octanol–water partition coefficient (Wildman–Crippen LogP) is 3.54. The molecule has 1 atom stereocenters. The molecule has 1 saturated heterocycles. The number of rotatable bonds is 1. The second kappa shape index (κ2) is 6.64. The first-order valence-electron chi connectivity index (χ1n) is 7.73. The van der Waals surface area contributed by atoms with Crippen molar-refractivity contribution >= 4 is 22.8 Å². The van der Waals surface area contributed by atoms with Crippen LogP contribution < -0.4 is 5.32 Å². The first-order valence-corrected chi connectivity index (χ1v) is 8.54. The van der Waals surface area contributed by atoms with Gasteiger partial charge in [0.1, 0.15) is 0 Å². The maximum absolute atomic E-state index is 13.0. The summed E-state index contributed by atoms with van der Waals surface area (Å²) in [5.41, 5.74) is -2.73. The van der Waals surface area contributed by atoms with Crippen LogP contribution in [0.3, 0.4) is 0 Å². The third kappa shape index (κ3) is 4.07. The average molecular weight is 392 g/mol. The zero-order valence-corrected chi connectivity index (χ0v) is 14.1. The van der Waals surface area contributed by atoms with Crippen molar-refractivity contribution in [2.75, 3.05) is 0 Å². The molecule has 11 heteroatoms. The van der Waals surface area contributed by atoms with Gasteiger partial charge < -0.3 is 10.4 Å². The molecule has 0 bridgehead atoms. The van der Waals surface area contributed by atoms with Crippen LogP contribution in [0, 0.1) is 0 Å². The second-order valence-corrected chi connectivity index (χ2v) is 7.90. The third-order valence-electron chi connectivity index (χ3n) is 4.58. The fraction of sp³-hybridized carbons (Fsp3) is 0.857. The molecule has 1 aliphatic carbocycles. The number of alkyl halides is 6. The van der Waals surface area contributed by atoms with Crippen molar-refractivity contribution in [3.63, 3.8) is 0 Å². The van der Waals surface area contributed by atoms with E-state index in [4.69, 9.17) is 0 Å². The maximum atomic E-state index is 13.0. The predicted molar refractivity (Wildman–Crippen MR) is 80.1 cm³/mol. The number of aliphatic hydroxyl groups is 1. The van der Waals surface area contributed by atoms with Crippen LogP contribution in [0.25, 0.3) is 0 Å². The number of amidine groups is 1. The number of aliphatic imine (C=N–C) groups is 1. The molecule has 1 saturated carbocycles. The molecule has 2 fully saturated rings. The highest BCUT2D eigenvalue weighted by molar-refractivity contribution is 8.16. The van der Waals surface area contributed by atoms with E-state index in [-0.39, 0.29) is 42.6 Å². The number of thioether (sulfide) groups is 1. The lowest BCUT2D eigenvalue weighted by atomic mass is 9.85. The van der Waals surface area contributed by atoms with E-state index in [0.29, 0.717) is 0 Å². The van der Waals surface area contributed by atoms with Crippen LogP contribution in [0.15, 0.2) is 4.99 Å². The number of halogens is 6. The first kappa shape index (κ1) is 20.3. The molecule has 0 aromatic heterocycles. The number of carbonyl (C=O) groups excluding carboxylic acids is 1. The Balaban J connectivity index is 2.04. The molecule has 4 nitrogen and oxygen atoms in total. The molecule has 0 aromatic carbocycles. The number of nitrogens with zero attached hydrogens (tertiary/aromatic N) is 1. The highest BCUT2D eigenvalue weighted by atomic mass is 32.2. The molecule has 2 rings (SSSR count). The van der Waals surface area contributed by atoms with Crippen molar-refractivity contribution in [3.8, 4) is 0 Å². The summed E-state index contributed by atoms with van der Waals surface area (Å²) in [6, 6.07) is -0.490. The molecule has 0 aromatic rings. The van der Waals surface area contributed by atoms with E-state index in [1.807, 2.05) is 0 Å². The van der Waals surface area contributed by atoms with Gasteiger partial charge in [-0.1, -0.05) is 11.8 Å². The van der Waals surface area contributed by atoms with E-state index in [2.05, 4.69) is 10.3 Å². The van der Waals surface area contributed by atoms with Gasteiger partial charge in [0.2, 0.25) is 0 Å². The molecule has 1 unspecified atom stereocenters. The maximum Gasteiger partial charge on any atom is 0.417 e. The standard InChI is InChI=1S/C14H18F6N2O2S/c1-11(13(15,16)17)9(23)22-10(25-11)21-8-4-2-6-12(24,7-3-5-8)14(18,19)20/h8,24H,2-7H2,1H3,(H,21,22,23). The van der Waals surface area contributed by atoms with Gasteiger partial charge in [-0.25, -0.2) is 0 Å². The summed E-state index contributed by atoms with van der Waals surface area (Å²) in [7, 11) is 0. The summed E-state index contributed by atoms with van der Waals surface area (Å²) < 4.78 is 75.0. The lowest BCUT2D eigenvalue weighted by Gasteiger charge is -2.33. The zero-order chi connectivity index (χ0) is 19.1. The minimum Gasteiger partial charge on any atom is -0.380 e. The van der Waals surface area contributed by atoms with Gasteiger partial charge in [0, 0.05) is 0 Å². The van der Waals surface area contributed by atoms with E-state index < -0.39 is 47.5 Å². The Morgan fingerprint density at radius 1 is 1.12 bits per heavy atom. The molecule has 2 aliphatic rings. The van der Waals surface area contributed by atoms with Crippen LogP contribution in [0.5, 0.6) is 0 Å². The van der Waals surface area contributed by atoms with Gasteiger partial charge in [0.25, 0.3) is 5.91 Å². The fourth-order valence-electron chi connectivity index (χ4n) is 2.83. The normalized spacial score (nSPS) is 36.9. The van der Waals surface area contributed by atoms with E-state index >= 15 is 0 Å². The van der Waals surface area contributed by atoms with Gasteiger partial charge in [-0.2, -0.15) is 26.3 Å². The number of hydrogen-bond acceptors (Lipinski definition) is 4. The third-order valence-corrected chi connectivity index (χ3v) is 5.80. The van der Waals surface area contributed by atoms with E-state index in [9.17, 15) is 36.2 Å². The van der Waals surface area contributed by atoms with E-state index in [1.165, 1.54) is 0 Å². The summed E-state index contributed by atoms with van der Waals surface area (Å²) >= 11 is 0.273. The molecule has 0 radical (unpaired) electrons. The Morgan fingerprint density at radius 2 is 1.64 bits per heavy atom. The highest BCUT2D eigenvalue weighted by Gasteiger charge is 2.62. The summed E-state index contributed by atoms with van der Waals surface area (Å²) in [4.78, 5) is 15.7. The lowest BCUT2D eigenvalue weighted by molar-refractivity contribution is -0.266. The van der Waals surface area contributed by atoms with Crippen LogP contribution in [0.1, 0.15) is 45.4 Å². The van der Waals surface area contributed by atoms with Crippen molar-refractivity contribution in [1.82, 2.24) is 5.32 Å². The van der Waals surface area contributed by atoms with Gasteiger partial charge in [-0.3, -0.25) is 9.79 Å². The number of carbonyl (C=O) groups is 1. The molecule has 1 aliphatic heterocycles. The van der Waals surface area contributed by atoms with Crippen LogP contribution in [0.4, 0.5) is 26.3 Å². The Bertz CT molecular complexity index is 553. The Labute approximate surface area is 144 Å². The summed E-state index contributed by atoms with van der Waals surface area (Å²) in [6.45, 7) is 0.761. The van der Waals surface area contributed by atoms with Gasteiger partial charge in [-0.15, -0.1) is 0 Å². The molecule has 2 N–H and O–H groups in total. The zero-order valence-electron chi connectivity index (χ0n) is 13.3. The molecular weight excluding hydrogens is 374 g/mol. The number of amides is 1. The van der Waals surface area contributed by atoms with Gasteiger partial charge in [0.05, 0.1) is 6.04 Å². The fourth-order valence-corrected chi connectivity index (χ4v) is 3.83. The van der Waals surface area contributed by atoms with Crippen LogP contribution in [0.2, 0.25) is 0 Å². The van der Waals surface area contributed by atoms with Crippen molar-refractivity contribution in [2.24, 2.45) is 4.99 Å². The number of hydrogen-bond donors (Lipinski definition) is 2. The summed E-state index contributed by atoms with van der Waals surface area (Å²) in [6.07, 6.45) is -9.95. The lowest BCUT2D eigenvalue weighted by Crippen LogP contribution is -2.46. The summed E-state index contributed by atoms with van der Waals surface area (Å²) in [5.74, 6) is -1.21.